The molecule has 1 aromatic rings. The molecule has 1 heterocycles. The number of rotatable bonds is 13. The maximum Gasteiger partial charge on any atom is 0.407 e. The lowest BCUT2D eigenvalue weighted by atomic mass is 10.1. The summed E-state index contributed by atoms with van der Waals surface area (Å²) in [7, 11) is 0. The van der Waals surface area contributed by atoms with Crippen LogP contribution in [0.25, 0.3) is 0 Å². The van der Waals surface area contributed by atoms with Gasteiger partial charge in [0.25, 0.3) is 0 Å². The fraction of sp³-hybridized carbons (Fsp3) is 0.586. The minimum absolute atomic E-state index is 0.0295. The second-order valence-corrected chi connectivity index (χ2v) is 10.6. The van der Waals surface area contributed by atoms with Crippen LogP contribution in [0.1, 0.15) is 37.7 Å². The second-order valence-electron chi connectivity index (χ2n) is 10.6. The molecule has 5 N–H and O–H groups in total. The number of amides is 5. The van der Waals surface area contributed by atoms with Crippen LogP contribution in [0.3, 0.4) is 0 Å². The molecule has 1 saturated heterocycles. The van der Waals surface area contributed by atoms with E-state index >= 15 is 0 Å². The number of aryl methyl sites for hydroxylation is 1. The highest BCUT2D eigenvalue weighted by atomic mass is 16.4. The van der Waals surface area contributed by atoms with Gasteiger partial charge in [0.15, 0.2) is 0 Å². The van der Waals surface area contributed by atoms with E-state index in [1.807, 2.05) is 30.3 Å². The molecule has 0 aromatic heterocycles. The molecule has 15 heteroatoms. The average molecular weight is 621 g/mol. The van der Waals surface area contributed by atoms with Crippen LogP contribution < -0.4 is 10.6 Å². The van der Waals surface area contributed by atoms with Crippen LogP contribution in [0, 0.1) is 0 Å². The summed E-state index contributed by atoms with van der Waals surface area (Å²) in [6.07, 6.45) is 0.473. The number of nitrogens with one attached hydrogen (secondary N) is 2. The van der Waals surface area contributed by atoms with E-state index in [0.717, 1.165) is 27.5 Å². The number of benzene rings is 1. The lowest BCUT2D eigenvalue weighted by molar-refractivity contribution is -0.125. The van der Waals surface area contributed by atoms with Gasteiger partial charge in [0, 0.05) is 65.3 Å². The van der Waals surface area contributed by atoms with Crippen molar-refractivity contribution >= 4 is 36.4 Å². The predicted molar refractivity (Wildman–Crippen MR) is 159 cm³/mol. The highest BCUT2D eigenvalue weighted by Gasteiger charge is 2.23. The van der Waals surface area contributed by atoms with Gasteiger partial charge in [-0.25, -0.2) is 14.4 Å². The third-order valence-electron chi connectivity index (χ3n) is 7.32. The SMILES string of the molecule is O=CC(CCCCNC(=O)CCCc1ccccc1)NC(=O)CN1CCN(C(=O)O)CCN(C(=O)O)CCN(C(=O)O)CC1. The number of unbranched alkanes of at least 4 members (excludes halogenated alkanes) is 1. The van der Waals surface area contributed by atoms with Crippen LogP contribution in [-0.2, 0) is 20.8 Å². The molecule has 1 aliphatic rings. The van der Waals surface area contributed by atoms with Gasteiger partial charge < -0.3 is 45.4 Å². The number of carbonyl (C=O) groups is 6. The largest absolute Gasteiger partial charge is 0.465 e. The molecule has 44 heavy (non-hydrogen) atoms. The Hall–Kier alpha value is -4.40. The number of nitrogens with zero attached hydrogens (tertiary/aromatic N) is 4. The van der Waals surface area contributed by atoms with Crippen molar-refractivity contribution in [2.75, 3.05) is 65.4 Å². The molecule has 0 radical (unpaired) electrons. The van der Waals surface area contributed by atoms with Gasteiger partial charge in [0.1, 0.15) is 6.29 Å². The minimum atomic E-state index is -1.28. The molecule has 0 bridgehead atoms. The van der Waals surface area contributed by atoms with E-state index in [9.17, 15) is 44.1 Å². The molecule has 1 atom stereocenters. The molecule has 5 amide bonds. The Morgan fingerprint density at radius 1 is 0.727 bits per heavy atom. The first-order chi connectivity index (χ1) is 21.1. The maximum atomic E-state index is 12.8. The molecule has 15 nitrogen and oxygen atoms in total. The van der Waals surface area contributed by atoms with Crippen LogP contribution in [0.4, 0.5) is 14.4 Å². The van der Waals surface area contributed by atoms with Crippen LogP contribution in [-0.4, -0.2) is 143 Å². The molecule has 0 saturated carbocycles. The van der Waals surface area contributed by atoms with Gasteiger partial charge in [-0.1, -0.05) is 30.3 Å². The van der Waals surface area contributed by atoms with Crippen molar-refractivity contribution in [3.05, 3.63) is 35.9 Å². The number of carbonyl (C=O) groups excluding carboxylic acids is 3. The fourth-order valence-electron chi connectivity index (χ4n) is 4.72. The molecule has 2 rings (SSSR count). The number of hydrogen-bond acceptors (Lipinski definition) is 7. The Kier molecular flexibility index (Phi) is 16.0. The lowest BCUT2D eigenvalue weighted by Crippen LogP contribution is -2.51. The van der Waals surface area contributed by atoms with E-state index in [1.54, 1.807) is 4.90 Å². The van der Waals surface area contributed by atoms with E-state index in [1.165, 1.54) is 5.56 Å². The van der Waals surface area contributed by atoms with Crippen molar-refractivity contribution in [3.63, 3.8) is 0 Å². The summed E-state index contributed by atoms with van der Waals surface area (Å²) in [4.78, 5) is 76.1. The Bertz CT molecular complexity index is 1060. The predicted octanol–water partition coefficient (Wildman–Crippen LogP) is 1.24. The van der Waals surface area contributed by atoms with Gasteiger partial charge in [0.2, 0.25) is 11.8 Å². The van der Waals surface area contributed by atoms with Crippen molar-refractivity contribution in [1.29, 1.82) is 0 Å². The molecule has 1 aromatic carbocycles. The first-order valence-corrected chi connectivity index (χ1v) is 14.8. The highest BCUT2D eigenvalue weighted by molar-refractivity contribution is 5.81. The van der Waals surface area contributed by atoms with Crippen molar-refractivity contribution < 1.29 is 44.1 Å². The molecule has 0 spiro atoms. The summed E-state index contributed by atoms with van der Waals surface area (Å²) in [5.41, 5.74) is 1.18. The third kappa shape index (κ3) is 14.2. The first-order valence-electron chi connectivity index (χ1n) is 14.8. The molecular formula is C29H44N6O9. The summed E-state index contributed by atoms with van der Waals surface area (Å²) in [6, 6.07) is 9.18. The molecule has 244 valence electrons. The Morgan fingerprint density at radius 2 is 1.25 bits per heavy atom. The highest BCUT2D eigenvalue weighted by Crippen LogP contribution is 2.06. The summed E-state index contributed by atoms with van der Waals surface area (Å²) in [5, 5.41) is 34.0. The molecule has 1 unspecified atom stereocenters. The normalized spacial score (nSPS) is 15.8. The third-order valence-corrected chi connectivity index (χ3v) is 7.32. The molecule has 1 fully saturated rings. The smallest absolute Gasteiger partial charge is 0.407 e. The van der Waals surface area contributed by atoms with Gasteiger partial charge in [-0.2, -0.15) is 0 Å². The fourth-order valence-corrected chi connectivity index (χ4v) is 4.72. The standard InChI is InChI=1S/C29H44N6O9/c36-22-24(10-4-5-12-30-25(37)11-6-9-23-7-2-1-3-8-23)31-26(38)21-32-13-15-33(27(39)40)17-19-35(29(43)44)20-18-34(16-14-32)28(41)42/h1-3,7-8,22,24H,4-6,9-21H2,(H,30,37)(H,31,38)(H,39,40)(H,41,42)(H,43,44). The Morgan fingerprint density at radius 3 is 1.75 bits per heavy atom. The average Bonchev–Trinajstić information content (AvgIpc) is 2.97. The number of hydrogen-bond donors (Lipinski definition) is 5. The van der Waals surface area contributed by atoms with Crippen LogP contribution >= 0.6 is 0 Å². The van der Waals surface area contributed by atoms with E-state index in [2.05, 4.69) is 10.6 Å². The zero-order valence-corrected chi connectivity index (χ0v) is 24.9. The zero-order chi connectivity index (χ0) is 32.3. The Balaban J connectivity index is 1.79. The Labute approximate surface area is 256 Å². The van der Waals surface area contributed by atoms with Gasteiger partial charge in [-0.3, -0.25) is 14.5 Å². The van der Waals surface area contributed by atoms with Gasteiger partial charge in [0.05, 0.1) is 12.6 Å². The minimum Gasteiger partial charge on any atom is -0.465 e. The van der Waals surface area contributed by atoms with Gasteiger partial charge >= 0.3 is 18.3 Å². The van der Waals surface area contributed by atoms with Crippen LogP contribution in [0.5, 0.6) is 0 Å². The first kappa shape index (κ1) is 35.8. The topological polar surface area (TPSA) is 200 Å². The monoisotopic (exact) mass is 620 g/mol. The summed E-state index contributed by atoms with van der Waals surface area (Å²) in [6.45, 7) is -0.0901. The summed E-state index contributed by atoms with van der Waals surface area (Å²) in [5.74, 6) is -0.504. The van der Waals surface area contributed by atoms with E-state index in [4.69, 9.17) is 0 Å². The van der Waals surface area contributed by atoms with Crippen LogP contribution in [0.15, 0.2) is 30.3 Å². The number of aldehydes is 1. The quantitative estimate of drug-likeness (QED) is 0.158. The van der Waals surface area contributed by atoms with E-state index < -0.39 is 30.2 Å². The van der Waals surface area contributed by atoms with Crippen LogP contribution in [0.2, 0.25) is 0 Å². The second kappa shape index (κ2) is 19.7. The van der Waals surface area contributed by atoms with Gasteiger partial charge in [-0.15, -0.1) is 0 Å². The van der Waals surface area contributed by atoms with Crippen molar-refractivity contribution in [2.45, 2.75) is 44.6 Å². The number of carboxylic acid groups (broad SMARTS) is 3. The molecule has 0 aliphatic carbocycles. The molecule has 1 aliphatic heterocycles. The van der Waals surface area contributed by atoms with Crippen molar-refractivity contribution in [3.8, 4) is 0 Å². The van der Waals surface area contributed by atoms with E-state index in [0.29, 0.717) is 38.5 Å². The maximum absolute atomic E-state index is 12.8. The summed E-state index contributed by atoms with van der Waals surface area (Å²) < 4.78 is 0. The molecular weight excluding hydrogens is 576 g/mol. The lowest BCUT2D eigenvalue weighted by Gasteiger charge is -2.31. The van der Waals surface area contributed by atoms with Crippen molar-refractivity contribution in [1.82, 2.24) is 30.2 Å². The zero-order valence-electron chi connectivity index (χ0n) is 24.9. The summed E-state index contributed by atoms with van der Waals surface area (Å²) >= 11 is 0. The van der Waals surface area contributed by atoms with E-state index in [-0.39, 0.29) is 64.8 Å². The van der Waals surface area contributed by atoms with Crippen molar-refractivity contribution in [2.24, 2.45) is 0 Å². The van der Waals surface area contributed by atoms with Gasteiger partial charge in [-0.05, 0) is 37.7 Å².